The van der Waals surface area contributed by atoms with Crippen LogP contribution in [0, 0.1) is 5.92 Å². The maximum absolute atomic E-state index is 13.0. The molecule has 2 aromatic heterocycles. The normalized spacial score (nSPS) is 14.6. The first-order chi connectivity index (χ1) is 16.7. The molecule has 0 unspecified atom stereocenters. The molecule has 0 bridgehead atoms. The first-order valence-corrected chi connectivity index (χ1v) is 12.6. The molecule has 1 aliphatic rings. The number of rotatable bonds is 7. The van der Waals surface area contributed by atoms with E-state index in [1.807, 2.05) is 33.6 Å². The van der Waals surface area contributed by atoms with Gasteiger partial charge in [0.2, 0.25) is 11.7 Å². The van der Waals surface area contributed by atoms with Crippen molar-refractivity contribution in [2.45, 2.75) is 31.0 Å². The second-order valence-electron chi connectivity index (χ2n) is 8.64. The van der Waals surface area contributed by atoms with Gasteiger partial charge < -0.3 is 4.90 Å². The summed E-state index contributed by atoms with van der Waals surface area (Å²) < 4.78 is 3.43. The Balaban J connectivity index is 1.29. The molecule has 4 aromatic rings. The van der Waals surface area contributed by atoms with Gasteiger partial charge in [0.1, 0.15) is 0 Å². The summed E-state index contributed by atoms with van der Waals surface area (Å²) in [6.07, 6.45) is 4.79. The van der Waals surface area contributed by atoms with Crippen LogP contribution in [0.4, 0.5) is 0 Å². The monoisotopic (exact) mass is 473 g/mol. The predicted molar refractivity (Wildman–Crippen MR) is 135 cm³/mol. The van der Waals surface area contributed by atoms with Gasteiger partial charge in [-0.3, -0.25) is 18.6 Å². The number of thioether (sulfide) groups is 1. The highest BCUT2D eigenvalue weighted by molar-refractivity contribution is 7.99. The summed E-state index contributed by atoms with van der Waals surface area (Å²) in [5.74, 6) is 1.48. The van der Waals surface area contributed by atoms with Crippen LogP contribution in [0.2, 0.25) is 0 Å². The molecule has 8 heteroatoms. The number of piperidine rings is 1. The maximum atomic E-state index is 13.0. The number of allylic oxidation sites excluding steroid dienone is 1. The molecule has 5 rings (SSSR count). The average Bonchev–Trinajstić information content (AvgIpc) is 3.30. The summed E-state index contributed by atoms with van der Waals surface area (Å²) in [7, 11) is 0. The smallest absolute Gasteiger partial charge is 0.263 e. The van der Waals surface area contributed by atoms with Crippen LogP contribution in [-0.4, -0.2) is 48.8 Å². The number of likely N-dealkylation sites (tertiary alicyclic amines) is 1. The fourth-order valence-electron chi connectivity index (χ4n) is 4.67. The van der Waals surface area contributed by atoms with Gasteiger partial charge in [-0.15, -0.1) is 16.8 Å². The van der Waals surface area contributed by atoms with E-state index in [-0.39, 0.29) is 11.5 Å². The van der Waals surface area contributed by atoms with Crippen LogP contribution in [0.3, 0.4) is 0 Å². The van der Waals surface area contributed by atoms with Crippen LogP contribution in [-0.2, 0) is 17.8 Å². The third-order valence-corrected chi connectivity index (χ3v) is 7.36. The molecule has 34 heavy (non-hydrogen) atoms. The van der Waals surface area contributed by atoms with Crippen LogP contribution in [0.1, 0.15) is 18.4 Å². The lowest BCUT2D eigenvalue weighted by Crippen LogP contribution is -2.39. The van der Waals surface area contributed by atoms with E-state index >= 15 is 0 Å². The third kappa shape index (κ3) is 4.37. The van der Waals surface area contributed by atoms with Crippen molar-refractivity contribution in [2.75, 3.05) is 18.8 Å². The van der Waals surface area contributed by atoms with Crippen molar-refractivity contribution >= 4 is 34.3 Å². The van der Waals surface area contributed by atoms with Crippen molar-refractivity contribution in [3.63, 3.8) is 0 Å². The van der Waals surface area contributed by atoms with Crippen molar-refractivity contribution in [1.29, 1.82) is 0 Å². The van der Waals surface area contributed by atoms with E-state index in [0.717, 1.165) is 37.9 Å². The average molecular weight is 474 g/mol. The molecular weight excluding hydrogens is 446 g/mol. The Labute approximate surface area is 202 Å². The molecular formula is C26H27N5O2S. The molecule has 1 aliphatic heterocycles. The summed E-state index contributed by atoms with van der Waals surface area (Å²) in [5.41, 5.74) is 1.98. The van der Waals surface area contributed by atoms with E-state index in [4.69, 9.17) is 0 Å². The minimum atomic E-state index is -0.124. The number of carbonyl (C=O) groups excluding carboxylic acids is 1. The van der Waals surface area contributed by atoms with Crippen LogP contribution in [0.15, 0.2) is 77.2 Å². The molecule has 0 radical (unpaired) electrons. The number of benzene rings is 2. The molecule has 7 nitrogen and oxygen atoms in total. The molecule has 0 saturated carbocycles. The second kappa shape index (κ2) is 9.85. The molecule has 1 amide bonds. The van der Waals surface area contributed by atoms with Gasteiger partial charge in [-0.25, -0.2) is 0 Å². The molecule has 0 aliphatic carbocycles. The fourth-order valence-corrected chi connectivity index (χ4v) is 5.52. The summed E-state index contributed by atoms with van der Waals surface area (Å²) >= 11 is 1.37. The van der Waals surface area contributed by atoms with E-state index in [1.54, 1.807) is 16.7 Å². The number of fused-ring (bicyclic) bond motifs is 3. The van der Waals surface area contributed by atoms with Crippen LogP contribution in [0.25, 0.3) is 16.7 Å². The van der Waals surface area contributed by atoms with Gasteiger partial charge in [-0.1, -0.05) is 60.3 Å². The molecule has 0 N–H and O–H groups in total. The van der Waals surface area contributed by atoms with Crippen molar-refractivity contribution in [3.8, 4) is 0 Å². The lowest BCUT2D eigenvalue weighted by Gasteiger charge is -2.32. The molecule has 2 aromatic carbocycles. The van der Waals surface area contributed by atoms with Crippen LogP contribution >= 0.6 is 11.8 Å². The summed E-state index contributed by atoms with van der Waals surface area (Å²) in [5, 5.41) is 9.78. The van der Waals surface area contributed by atoms with E-state index in [2.05, 4.69) is 41.0 Å². The zero-order chi connectivity index (χ0) is 23.5. The van der Waals surface area contributed by atoms with Crippen molar-refractivity contribution in [3.05, 3.63) is 83.2 Å². The standard InChI is InChI=1S/C26H27N5O2S/c1-2-14-30-24(33)21-10-6-7-11-22(21)31-25(30)27-28-26(31)34-18-23(32)29-15-12-20(13-16-29)17-19-8-4-3-5-9-19/h2-11,20H,1,12-18H2. The highest BCUT2D eigenvalue weighted by Gasteiger charge is 2.24. The van der Waals surface area contributed by atoms with E-state index < -0.39 is 0 Å². The lowest BCUT2D eigenvalue weighted by molar-refractivity contribution is -0.129. The van der Waals surface area contributed by atoms with Gasteiger partial charge >= 0.3 is 0 Å². The fraction of sp³-hybridized carbons (Fsp3) is 0.308. The number of aromatic nitrogens is 4. The van der Waals surface area contributed by atoms with Crippen molar-refractivity contribution in [1.82, 2.24) is 24.1 Å². The van der Waals surface area contributed by atoms with Gasteiger partial charge in [-0.05, 0) is 42.9 Å². The number of hydrogen-bond acceptors (Lipinski definition) is 5. The van der Waals surface area contributed by atoms with E-state index in [0.29, 0.717) is 34.5 Å². The number of hydrogen-bond donors (Lipinski definition) is 0. The Hall–Kier alpha value is -3.39. The highest BCUT2D eigenvalue weighted by Crippen LogP contribution is 2.25. The molecule has 1 saturated heterocycles. The topological polar surface area (TPSA) is 72.5 Å². The summed E-state index contributed by atoms with van der Waals surface area (Å²) in [6, 6.07) is 18.0. The Morgan fingerprint density at radius 3 is 2.56 bits per heavy atom. The van der Waals surface area contributed by atoms with Gasteiger partial charge in [0.05, 0.1) is 16.7 Å². The number of carbonyl (C=O) groups is 1. The zero-order valence-corrected chi connectivity index (χ0v) is 19.8. The SMILES string of the molecule is C=CCn1c(=O)c2ccccc2n2c(SCC(=O)N3CCC(Cc4ccccc4)CC3)nnc12. The summed E-state index contributed by atoms with van der Waals surface area (Å²) in [6.45, 7) is 5.68. The van der Waals surface area contributed by atoms with E-state index in [9.17, 15) is 9.59 Å². The maximum Gasteiger partial charge on any atom is 0.263 e. The molecule has 0 atom stereocenters. The van der Waals surface area contributed by atoms with E-state index in [1.165, 1.54) is 17.3 Å². The third-order valence-electron chi connectivity index (χ3n) is 6.45. The molecule has 0 spiro atoms. The Bertz CT molecular complexity index is 1390. The number of para-hydroxylation sites is 1. The molecule has 3 heterocycles. The van der Waals surface area contributed by atoms with Gasteiger partial charge in [0.25, 0.3) is 5.56 Å². The van der Waals surface area contributed by atoms with Crippen LogP contribution < -0.4 is 5.56 Å². The molecule has 1 fully saturated rings. The van der Waals surface area contributed by atoms with Gasteiger partial charge in [-0.2, -0.15) is 0 Å². The summed E-state index contributed by atoms with van der Waals surface area (Å²) in [4.78, 5) is 27.8. The zero-order valence-electron chi connectivity index (χ0n) is 19.0. The predicted octanol–water partition coefficient (Wildman–Crippen LogP) is 3.80. The van der Waals surface area contributed by atoms with Gasteiger partial charge in [0, 0.05) is 19.6 Å². The number of amides is 1. The Morgan fingerprint density at radius 2 is 1.79 bits per heavy atom. The quantitative estimate of drug-likeness (QED) is 0.302. The minimum absolute atomic E-state index is 0.114. The first-order valence-electron chi connectivity index (χ1n) is 11.6. The van der Waals surface area contributed by atoms with Crippen molar-refractivity contribution in [2.24, 2.45) is 5.92 Å². The minimum Gasteiger partial charge on any atom is -0.342 e. The molecule has 174 valence electrons. The number of nitrogens with zero attached hydrogens (tertiary/aromatic N) is 5. The highest BCUT2D eigenvalue weighted by atomic mass is 32.2. The lowest BCUT2D eigenvalue weighted by atomic mass is 9.90. The first kappa shape index (κ1) is 22.4. The largest absolute Gasteiger partial charge is 0.342 e. The Morgan fingerprint density at radius 1 is 1.06 bits per heavy atom. The van der Waals surface area contributed by atoms with Gasteiger partial charge in [0.15, 0.2) is 5.16 Å². The Kier molecular flexibility index (Phi) is 6.49. The van der Waals surface area contributed by atoms with Crippen molar-refractivity contribution < 1.29 is 4.79 Å². The van der Waals surface area contributed by atoms with Crippen LogP contribution in [0.5, 0.6) is 0 Å². The second-order valence-corrected chi connectivity index (χ2v) is 9.58.